The number of rotatable bonds is 0. The lowest BCUT2D eigenvalue weighted by molar-refractivity contribution is -0.114. The predicted octanol–water partition coefficient (Wildman–Crippen LogP) is -0.0360. The molecule has 0 atom stereocenters. The van der Waals surface area contributed by atoms with Crippen LogP contribution in [0.4, 0.5) is 0 Å². The maximum absolute atomic E-state index is 9.97. The number of hydrogen-bond donors (Lipinski definition) is 0. The molecule has 2 aliphatic rings. The van der Waals surface area contributed by atoms with Gasteiger partial charge in [-0.3, -0.25) is 4.79 Å². The van der Waals surface area contributed by atoms with Gasteiger partial charge in [-0.2, -0.15) is 0 Å². The van der Waals surface area contributed by atoms with E-state index in [4.69, 9.17) is 0 Å². The van der Waals surface area contributed by atoms with E-state index in [1.807, 2.05) is 0 Å². The molecule has 5 heteroatoms. The zero-order valence-electron chi connectivity index (χ0n) is 5.90. The van der Waals surface area contributed by atoms with Gasteiger partial charge in [0, 0.05) is 12.6 Å². The van der Waals surface area contributed by atoms with E-state index in [9.17, 15) is 4.79 Å². The van der Waals surface area contributed by atoms with Crippen LogP contribution in [0.15, 0.2) is 10.3 Å². The van der Waals surface area contributed by atoms with E-state index in [1.165, 1.54) is 6.21 Å². The van der Waals surface area contributed by atoms with Crippen LogP contribution in [0.2, 0.25) is 0 Å². The van der Waals surface area contributed by atoms with Crippen LogP contribution in [0.3, 0.4) is 0 Å². The van der Waals surface area contributed by atoms with Gasteiger partial charge in [-0.15, -0.1) is 0 Å². The summed E-state index contributed by atoms with van der Waals surface area (Å²) in [7, 11) is 0. The van der Waals surface area contributed by atoms with Crippen LogP contribution < -0.4 is 0 Å². The number of hydrogen-bond acceptors (Lipinski definition) is 5. The highest BCUT2D eigenvalue weighted by atomic mass is 16.6. The Kier molecular flexibility index (Phi) is 3.11. The quantitative estimate of drug-likeness (QED) is 0.494. The molecule has 0 aromatic rings. The van der Waals surface area contributed by atoms with Crippen molar-refractivity contribution in [3.63, 3.8) is 0 Å². The van der Waals surface area contributed by atoms with E-state index < -0.39 is 0 Å². The SMILES string of the molecule is C1=NOCC1.O=C1C=NOC1. The van der Waals surface area contributed by atoms with Crippen molar-refractivity contribution in [2.75, 3.05) is 13.2 Å². The minimum absolute atomic E-state index is 0.0602. The number of Topliss-reactive ketones (excluding diaryl/α,β-unsaturated/α-hetero) is 1. The Hall–Kier alpha value is -1.39. The molecule has 0 spiro atoms. The summed E-state index contributed by atoms with van der Waals surface area (Å²) in [6.45, 7) is 0.903. The zero-order valence-corrected chi connectivity index (χ0v) is 5.90. The lowest BCUT2D eigenvalue weighted by atomic mass is 10.5. The highest BCUT2D eigenvalue weighted by Crippen LogP contribution is 1.86. The van der Waals surface area contributed by atoms with E-state index in [1.54, 1.807) is 6.21 Å². The highest BCUT2D eigenvalue weighted by molar-refractivity contribution is 6.28. The van der Waals surface area contributed by atoms with Gasteiger partial charge in [0.25, 0.3) is 0 Å². The van der Waals surface area contributed by atoms with Crippen molar-refractivity contribution in [2.45, 2.75) is 6.42 Å². The summed E-state index contributed by atoms with van der Waals surface area (Å²) in [5.41, 5.74) is 0. The van der Waals surface area contributed by atoms with Gasteiger partial charge in [0.1, 0.15) is 12.8 Å². The van der Waals surface area contributed by atoms with Crippen LogP contribution in [0, 0.1) is 0 Å². The van der Waals surface area contributed by atoms with E-state index in [0.717, 1.165) is 13.0 Å². The van der Waals surface area contributed by atoms with Gasteiger partial charge in [0.15, 0.2) is 6.61 Å². The van der Waals surface area contributed by atoms with Crippen molar-refractivity contribution < 1.29 is 14.5 Å². The fraction of sp³-hybridized carbons (Fsp3) is 0.500. The molecule has 5 nitrogen and oxygen atoms in total. The van der Waals surface area contributed by atoms with Crippen LogP contribution in [0.1, 0.15) is 6.42 Å². The topological polar surface area (TPSA) is 60.2 Å². The minimum Gasteiger partial charge on any atom is -0.396 e. The molecule has 0 aromatic heterocycles. The molecule has 0 aliphatic carbocycles. The molecular weight excluding hydrogens is 148 g/mol. The Morgan fingerprint density at radius 2 is 2.27 bits per heavy atom. The van der Waals surface area contributed by atoms with Crippen molar-refractivity contribution in [1.29, 1.82) is 0 Å². The molecule has 0 amide bonds. The first kappa shape index (κ1) is 7.71. The second kappa shape index (κ2) is 4.43. The maximum Gasteiger partial charge on any atom is 0.217 e. The molecule has 0 radical (unpaired) electrons. The van der Waals surface area contributed by atoms with Gasteiger partial charge < -0.3 is 9.68 Å². The third-order valence-electron chi connectivity index (χ3n) is 0.965. The predicted molar refractivity (Wildman–Crippen MR) is 38.5 cm³/mol. The molecule has 0 N–H and O–H groups in total. The van der Waals surface area contributed by atoms with Crippen molar-refractivity contribution >= 4 is 18.2 Å². The summed E-state index contributed by atoms with van der Waals surface area (Å²) in [5.74, 6) is -0.0602. The van der Waals surface area contributed by atoms with Crippen LogP contribution in [-0.4, -0.2) is 31.4 Å². The average Bonchev–Trinajstić information content (AvgIpc) is 2.57. The van der Waals surface area contributed by atoms with Crippen LogP contribution in [0.25, 0.3) is 0 Å². The number of oxime groups is 2. The summed E-state index contributed by atoms with van der Waals surface area (Å²) >= 11 is 0. The number of carbonyl (C=O) groups excluding carboxylic acids is 1. The average molecular weight is 156 g/mol. The van der Waals surface area contributed by atoms with E-state index in [2.05, 4.69) is 20.0 Å². The van der Waals surface area contributed by atoms with Gasteiger partial charge in [0.05, 0.1) is 0 Å². The second-order valence-electron chi connectivity index (χ2n) is 1.88. The summed E-state index contributed by atoms with van der Waals surface area (Å²) in [6, 6.07) is 0. The molecule has 0 bridgehead atoms. The van der Waals surface area contributed by atoms with E-state index >= 15 is 0 Å². The Morgan fingerprint density at radius 3 is 2.45 bits per heavy atom. The van der Waals surface area contributed by atoms with Crippen molar-refractivity contribution in [2.24, 2.45) is 10.3 Å². The molecule has 0 fully saturated rings. The zero-order chi connectivity index (χ0) is 7.94. The summed E-state index contributed by atoms with van der Waals surface area (Å²) < 4.78 is 0. The van der Waals surface area contributed by atoms with Crippen LogP contribution >= 0.6 is 0 Å². The van der Waals surface area contributed by atoms with Gasteiger partial charge in [-0.25, -0.2) is 0 Å². The first-order valence-corrected chi connectivity index (χ1v) is 3.21. The summed E-state index contributed by atoms with van der Waals surface area (Å²) in [4.78, 5) is 18.8. The molecule has 2 aliphatic heterocycles. The normalized spacial score (nSPS) is 18.7. The van der Waals surface area contributed by atoms with Gasteiger partial charge in [-0.05, 0) is 0 Å². The molecular formula is C6H8N2O3. The Balaban J connectivity index is 0.000000112. The molecule has 0 saturated carbocycles. The van der Waals surface area contributed by atoms with Gasteiger partial charge in [-0.1, -0.05) is 10.3 Å². The first-order valence-electron chi connectivity index (χ1n) is 3.21. The summed E-state index contributed by atoms with van der Waals surface area (Å²) in [5, 5.41) is 6.65. The van der Waals surface area contributed by atoms with Crippen LogP contribution in [-0.2, 0) is 14.5 Å². The first-order chi connectivity index (χ1) is 5.39. The van der Waals surface area contributed by atoms with E-state index in [-0.39, 0.29) is 12.4 Å². The number of nitrogens with zero attached hydrogens (tertiary/aromatic N) is 2. The van der Waals surface area contributed by atoms with Crippen LogP contribution in [0.5, 0.6) is 0 Å². The molecule has 2 rings (SSSR count). The fourth-order valence-electron chi connectivity index (χ4n) is 0.498. The lowest BCUT2D eigenvalue weighted by Gasteiger charge is -1.76. The molecule has 2 heterocycles. The van der Waals surface area contributed by atoms with E-state index in [0.29, 0.717) is 0 Å². The maximum atomic E-state index is 9.97. The number of ketones is 1. The Labute approximate surface area is 63.6 Å². The standard InChI is InChI=1S/C3H3NO2.C3H5NO/c5-3-1-4-6-2-3;1-2-4-5-3-1/h1H,2H2;2H,1,3H2. The van der Waals surface area contributed by atoms with Gasteiger partial charge >= 0.3 is 0 Å². The minimum atomic E-state index is -0.0602. The molecule has 0 aromatic carbocycles. The number of carbonyl (C=O) groups is 1. The Morgan fingerprint density at radius 1 is 1.36 bits per heavy atom. The third kappa shape index (κ3) is 3.34. The van der Waals surface area contributed by atoms with Crippen molar-refractivity contribution in [3.8, 4) is 0 Å². The summed E-state index contributed by atoms with van der Waals surface area (Å²) in [6.07, 6.45) is 3.92. The largest absolute Gasteiger partial charge is 0.396 e. The molecule has 0 saturated heterocycles. The second-order valence-corrected chi connectivity index (χ2v) is 1.88. The third-order valence-corrected chi connectivity index (χ3v) is 0.965. The van der Waals surface area contributed by atoms with Gasteiger partial charge in [0.2, 0.25) is 5.78 Å². The molecule has 60 valence electrons. The van der Waals surface area contributed by atoms with Crippen molar-refractivity contribution in [3.05, 3.63) is 0 Å². The highest BCUT2D eigenvalue weighted by Gasteiger charge is 2.01. The monoisotopic (exact) mass is 156 g/mol. The molecule has 11 heavy (non-hydrogen) atoms. The molecule has 0 unspecified atom stereocenters. The smallest absolute Gasteiger partial charge is 0.217 e. The Bertz CT molecular complexity index is 182. The lowest BCUT2D eigenvalue weighted by Crippen LogP contribution is -1.96. The van der Waals surface area contributed by atoms with Crippen molar-refractivity contribution in [1.82, 2.24) is 0 Å². The fourth-order valence-corrected chi connectivity index (χ4v) is 0.498.